The van der Waals surface area contributed by atoms with Crippen molar-refractivity contribution in [1.29, 1.82) is 0 Å². The maximum absolute atomic E-state index is 5.18. The predicted octanol–water partition coefficient (Wildman–Crippen LogP) is 2.90. The number of hydrogen-bond donors (Lipinski definition) is 1. The molecule has 0 aliphatic rings. The molecule has 1 N–H and O–H groups in total. The molecule has 0 aliphatic heterocycles. The molecule has 80 valence electrons. The van der Waals surface area contributed by atoms with E-state index >= 15 is 0 Å². The van der Waals surface area contributed by atoms with Gasteiger partial charge in [-0.3, -0.25) is 0 Å². The molecule has 0 saturated carbocycles. The molecule has 3 heteroatoms. The Morgan fingerprint density at radius 3 is 2.60 bits per heavy atom. The van der Waals surface area contributed by atoms with Crippen LogP contribution in [0.25, 0.3) is 6.08 Å². The maximum atomic E-state index is 5.18. The monoisotopic (exact) mass is 220 g/mol. The van der Waals surface area contributed by atoms with E-state index in [2.05, 4.69) is 18.0 Å². The number of thiocarbonyl (C=S) groups is 1. The van der Waals surface area contributed by atoms with Gasteiger partial charge >= 0.3 is 0 Å². The van der Waals surface area contributed by atoms with Crippen LogP contribution in [-0.4, -0.2) is 24.1 Å². The highest BCUT2D eigenvalue weighted by molar-refractivity contribution is 7.80. The fraction of sp³-hybridized carbons (Fsp3) is 0.250. The van der Waals surface area contributed by atoms with Crippen molar-refractivity contribution in [2.75, 3.05) is 19.4 Å². The third kappa shape index (κ3) is 3.06. The lowest BCUT2D eigenvalue weighted by Gasteiger charge is -2.17. The van der Waals surface area contributed by atoms with E-state index < -0.39 is 0 Å². The summed E-state index contributed by atoms with van der Waals surface area (Å²) in [6.45, 7) is 5.79. The van der Waals surface area contributed by atoms with Gasteiger partial charge < -0.3 is 10.2 Å². The van der Waals surface area contributed by atoms with Crippen molar-refractivity contribution >= 4 is 29.1 Å². The first-order valence-corrected chi connectivity index (χ1v) is 5.17. The number of anilines is 1. The van der Waals surface area contributed by atoms with Crippen LogP contribution in [0.5, 0.6) is 0 Å². The average molecular weight is 220 g/mol. The van der Waals surface area contributed by atoms with Crippen molar-refractivity contribution < 1.29 is 0 Å². The van der Waals surface area contributed by atoms with E-state index in [1.165, 1.54) is 0 Å². The van der Waals surface area contributed by atoms with Crippen LogP contribution in [-0.2, 0) is 0 Å². The van der Waals surface area contributed by atoms with Gasteiger partial charge in [0.15, 0.2) is 5.11 Å². The molecule has 0 amide bonds. The minimum Gasteiger partial charge on any atom is -0.355 e. The Balaban J connectivity index is 2.87. The van der Waals surface area contributed by atoms with Crippen molar-refractivity contribution in [3.63, 3.8) is 0 Å². The van der Waals surface area contributed by atoms with E-state index in [4.69, 9.17) is 12.2 Å². The zero-order chi connectivity index (χ0) is 11.4. The number of benzene rings is 1. The van der Waals surface area contributed by atoms with Gasteiger partial charge in [-0.1, -0.05) is 18.7 Å². The van der Waals surface area contributed by atoms with Gasteiger partial charge in [0.1, 0.15) is 0 Å². The Hall–Kier alpha value is -1.35. The maximum Gasteiger partial charge on any atom is 0.172 e. The number of nitrogens with zero attached hydrogens (tertiary/aromatic N) is 1. The summed E-state index contributed by atoms with van der Waals surface area (Å²) in [5.74, 6) is 0. The van der Waals surface area contributed by atoms with Crippen molar-refractivity contribution in [3.8, 4) is 0 Å². The molecule has 2 nitrogen and oxygen atoms in total. The third-order valence-corrected chi connectivity index (χ3v) is 2.60. The predicted molar refractivity (Wildman–Crippen MR) is 71.2 cm³/mol. The molecule has 1 aromatic rings. The fourth-order valence-corrected chi connectivity index (χ4v) is 1.29. The molecule has 0 radical (unpaired) electrons. The van der Waals surface area contributed by atoms with Gasteiger partial charge in [0, 0.05) is 19.8 Å². The zero-order valence-electron chi connectivity index (χ0n) is 9.37. The summed E-state index contributed by atoms with van der Waals surface area (Å²) >= 11 is 5.18. The summed E-state index contributed by atoms with van der Waals surface area (Å²) in [7, 11) is 3.84. The van der Waals surface area contributed by atoms with Gasteiger partial charge in [-0.15, -0.1) is 0 Å². The smallest absolute Gasteiger partial charge is 0.172 e. The topological polar surface area (TPSA) is 15.3 Å². The van der Waals surface area contributed by atoms with E-state index in [1.807, 2.05) is 44.1 Å². The largest absolute Gasteiger partial charge is 0.355 e. The Morgan fingerprint density at radius 2 is 2.13 bits per heavy atom. The van der Waals surface area contributed by atoms with Crippen LogP contribution >= 0.6 is 12.2 Å². The van der Waals surface area contributed by atoms with Crippen molar-refractivity contribution in [3.05, 3.63) is 35.9 Å². The second-order valence-electron chi connectivity index (χ2n) is 3.60. The van der Waals surface area contributed by atoms with Gasteiger partial charge in [0.05, 0.1) is 0 Å². The van der Waals surface area contributed by atoms with Crippen molar-refractivity contribution in [2.24, 2.45) is 0 Å². The van der Waals surface area contributed by atoms with Crippen molar-refractivity contribution in [1.82, 2.24) is 4.90 Å². The standard InChI is InChI=1S/C12H16N2S/c1-5-10-6-7-11(9(2)8-10)13-12(15)14(3)4/h5-8H,1H2,2-4H3,(H,13,15). The first-order valence-electron chi connectivity index (χ1n) is 4.76. The molecule has 1 rings (SSSR count). The minimum absolute atomic E-state index is 0.712. The van der Waals surface area contributed by atoms with E-state index in [9.17, 15) is 0 Å². The quantitative estimate of drug-likeness (QED) is 0.772. The highest BCUT2D eigenvalue weighted by Crippen LogP contribution is 2.17. The van der Waals surface area contributed by atoms with Gasteiger partial charge in [-0.05, 0) is 42.4 Å². The molecule has 0 aromatic heterocycles. The molecule has 0 fully saturated rings. The molecule has 0 saturated heterocycles. The van der Waals surface area contributed by atoms with Crippen LogP contribution in [0.4, 0.5) is 5.69 Å². The average Bonchev–Trinajstić information content (AvgIpc) is 2.20. The minimum atomic E-state index is 0.712. The molecule has 0 spiro atoms. The lowest BCUT2D eigenvalue weighted by molar-refractivity contribution is 0.634. The lowest BCUT2D eigenvalue weighted by atomic mass is 10.1. The van der Waals surface area contributed by atoms with Crippen LogP contribution < -0.4 is 5.32 Å². The van der Waals surface area contributed by atoms with Gasteiger partial charge in [0.2, 0.25) is 0 Å². The molecule has 0 aliphatic carbocycles. The summed E-state index contributed by atoms with van der Waals surface area (Å²) in [6, 6.07) is 6.11. The molecular weight excluding hydrogens is 204 g/mol. The number of hydrogen-bond acceptors (Lipinski definition) is 1. The highest BCUT2D eigenvalue weighted by atomic mass is 32.1. The molecule has 0 bridgehead atoms. The molecule has 15 heavy (non-hydrogen) atoms. The Kier molecular flexibility index (Phi) is 3.86. The Labute approximate surface area is 96.6 Å². The van der Waals surface area contributed by atoms with Gasteiger partial charge in [-0.2, -0.15) is 0 Å². The zero-order valence-corrected chi connectivity index (χ0v) is 10.2. The number of nitrogens with one attached hydrogen (secondary N) is 1. The van der Waals surface area contributed by atoms with E-state index in [0.717, 1.165) is 16.8 Å². The van der Waals surface area contributed by atoms with Crippen molar-refractivity contribution in [2.45, 2.75) is 6.92 Å². The molecule has 0 unspecified atom stereocenters. The van der Waals surface area contributed by atoms with E-state index in [-0.39, 0.29) is 0 Å². The normalized spacial score (nSPS) is 9.53. The fourth-order valence-electron chi connectivity index (χ4n) is 1.18. The summed E-state index contributed by atoms with van der Waals surface area (Å²) in [5, 5.41) is 3.90. The first-order chi connectivity index (χ1) is 7.04. The second-order valence-corrected chi connectivity index (χ2v) is 3.99. The summed E-state index contributed by atoms with van der Waals surface area (Å²) in [6.07, 6.45) is 1.83. The summed E-state index contributed by atoms with van der Waals surface area (Å²) < 4.78 is 0. The number of aryl methyl sites for hydroxylation is 1. The summed E-state index contributed by atoms with van der Waals surface area (Å²) in [5.41, 5.74) is 3.32. The third-order valence-electron chi connectivity index (χ3n) is 2.13. The van der Waals surface area contributed by atoms with E-state index in [0.29, 0.717) is 5.11 Å². The SMILES string of the molecule is C=Cc1ccc(NC(=S)N(C)C)c(C)c1. The second kappa shape index (κ2) is 4.94. The van der Waals surface area contributed by atoms with E-state index in [1.54, 1.807) is 0 Å². The van der Waals surface area contributed by atoms with Crippen LogP contribution in [0.3, 0.4) is 0 Å². The molecule has 0 atom stereocenters. The Morgan fingerprint density at radius 1 is 1.47 bits per heavy atom. The van der Waals surface area contributed by atoms with Gasteiger partial charge in [-0.25, -0.2) is 0 Å². The van der Waals surface area contributed by atoms with Crippen LogP contribution in [0, 0.1) is 6.92 Å². The Bertz CT molecular complexity index is 383. The molecular formula is C12H16N2S. The molecule has 1 aromatic carbocycles. The first kappa shape index (κ1) is 11.7. The van der Waals surface area contributed by atoms with Crippen LogP contribution in [0.15, 0.2) is 24.8 Å². The van der Waals surface area contributed by atoms with Crippen LogP contribution in [0.2, 0.25) is 0 Å². The summed E-state index contributed by atoms with van der Waals surface area (Å²) in [4.78, 5) is 1.87. The highest BCUT2D eigenvalue weighted by Gasteiger charge is 2.02. The lowest BCUT2D eigenvalue weighted by Crippen LogP contribution is -2.27. The molecule has 0 heterocycles. The number of rotatable bonds is 2. The van der Waals surface area contributed by atoms with Gasteiger partial charge in [0.25, 0.3) is 0 Å². The van der Waals surface area contributed by atoms with Crippen LogP contribution in [0.1, 0.15) is 11.1 Å².